The molecule has 0 saturated carbocycles. The van der Waals surface area contributed by atoms with Crippen molar-refractivity contribution >= 4 is 33.0 Å². The van der Waals surface area contributed by atoms with E-state index in [0.29, 0.717) is 16.8 Å². The predicted octanol–water partition coefficient (Wildman–Crippen LogP) is 2.90. The van der Waals surface area contributed by atoms with Crippen molar-refractivity contribution in [1.82, 2.24) is 0 Å². The quantitative estimate of drug-likeness (QED) is 0.849. The molecule has 2 aromatic rings. The van der Waals surface area contributed by atoms with Gasteiger partial charge in [-0.15, -0.1) is 0 Å². The molecule has 0 radical (unpaired) electrons. The maximum atomic E-state index is 12.4. The Hall–Kier alpha value is -2.23. The van der Waals surface area contributed by atoms with Gasteiger partial charge in [-0.3, -0.25) is 4.72 Å². The topological polar surface area (TPSA) is 96.0 Å². The van der Waals surface area contributed by atoms with Crippen LogP contribution in [0.3, 0.4) is 0 Å². The van der Waals surface area contributed by atoms with Crippen molar-refractivity contribution in [3.63, 3.8) is 0 Å². The number of halogens is 1. The van der Waals surface area contributed by atoms with Gasteiger partial charge < -0.3 is 5.73 Å². The summed E-state index contributed by atoms with van der Waals surface area (Å²) in [5.74, 6) is 0. The lowest BCUT2D eigenvalue weighted by molar-refractivity contribution is 0.600. The maximum absolute atomic E-state index is 12.4. The van der Waals surface area contributed by atoms with E-state index in [4.69, 9.17) is 22.6 Å². The maximum Gasteiger partial charge on any atom is 0.262 e. The molecule has 0 heterocycles. The van der Waals surface area contributed by atoms with E-state index in [1.807, 2.05) is 6.07 Å². The van der Waals surface area contributed by atoms with Crippen LogP contribution in [-0.2, 0) is 10.0 Å². The highest BCUT2D eigenvalue weighted by atomic mass is 35.5. The fourth-order valence-corrected chi connectivity index (χ4v) is 3.43. The van der Waals surface area contributed by atoms with E-state index in [2.05, 4.69) is 4.72 Å². The highest BCUT2D eigenvalue weighted by molar-refractivity contribution is 7.92. The summed E-state index contributed by atoms with van der Waals surface area (Å²) in [6, 6.07) is 10.8. The minimum atomic E-state index is -3.78. The van der Waals surface area contributed by atoms with E-state index >= 15 is 0 Å². The molecule has 0 atom stereocenters. The van der Waals surface area contributed by atoms with E-state index < -0.39 is 10.0 Å². The molecule has 2 aromatic carbocycles. The summed E-state index contributed by atoms with van der Waals surface area (Å²) < 4.78 is 27.1. The number of hydrogen-bond donors (Lipinski definition) is 2. The van der Waals surface area contributed by atoms with E-state index in [1.54, 1.807) is 13.0 Å². The number of benzene rings is 2. The standard InChI is InChI=1S/C14H12ClN3O2S/c1-9-6-11(17)3-5-14(9)21(19,20)18-13-4-2-10(8-16)7-12(13)15/h2-7,18H,17H2,1H3. The lowest BCUT2D eigenvalue weighted by Crippen LogP contribution is -2.14. The Morgan fingerprint density at radius 1 is 1.24 bits per heavy atom. The Bertz CT molecular complexity index is 842. The zero-order valence-corrected chi connectivity index (χ0v) is 12.7. The number of aryl methyl sites for hydroxylation is 1. The molecule has 3 N–H and O–H groups in total. The lowest BCUT2D eigenvalue weighted by atomic mass is 10.2. The number of nitrogens with zero attached hydrogens (tertiary/aromatic N) is 1. The number of anilines is 2. The first kappa shape index (κ1) is 15.2. The molecule has 0 aliphatic heterocycles. The Kier molecular flexibility index (Phi) is 4.07. The van der Waals surface area contributed by atoms with Gasteiger partial charge in [0.15, 0.2) is 0 Å². The Morgan fingerprint density at radius 2 is 1.95 bits per heavy atom. The Morgan fingerprint density at radius 3 is 2.52 bits per heavy atom. The number of sulfonamides is 1. The average Bonchev–Trinajstić information content (AvgIpc) is 2.40. The van der Waals surface area contributed by atoms with Gasteiger partial charge in [0.05, 0.1) is 27.2 Å². The Balaban J connectivity index is 2.40. The smallest absolute Gasteiger partial charge is 0.262 e. The van der Waals surface area contributed by atoms with Gasteiger partial charge in [0, 0.05) is 5.69 Å². The van der Waals surface area contributed by atoms with Crippen molar-refractivity contribution in [2.45, 2.75) is 11.8 Å². The van der Waals surface area contributed by atoms with E-state index in [0.717, 1.165) is 0 Å². The molecule has 0 fully saturated rings. The molecule has 0 aromatic heterocycles. The third kappa shape index (κ3) is 3.27. The summed E-state index contributed by atoms with van der Waals surface area (Å²) in [5.41, 5.74) is 7.20. The number of nitrogens with two attached hydrogens (primary N) is 1. The van der Waals surface area contributed by atoms with Gasteiger partial charge in [0.2, 0.25) is 0 Å². The molecule has 0 aliphatic rings. The zero-order valence-electron chi connectivity index (χ0n) is 11.1. The molecule has 7 heteroatoms. The van der Waals surface area contributed by atoms with Crippen molar-refractivity contribution < 1.29 is 8.42 Å². The van der Waals surface area contributed by atoms with Crippen LogP contribution in [0.4, 0.5) is 11.4 Å². The Labute approximate surface area is 128 Å². The molecular formula is C14H12ClN3O2S. The van der Waals surface area contributed by atoms with E-state index in [9.17, 15) is 8.42 Å². The second kappa shape index (κ2) is 5.64. The third-order valence-electron chi connectivity index (χ3n) is 2.83. The van der Waals surface area contributed by atoms with Crippen molar-refractivity contribution in [3.05, 3.63) is 52.5 Å². The minimum Gasteiger partial charge on any atom is -0.399 e. The molecule has 0 saturated heterocycles. The van der Waals surface area contributed by atoms with Gasteiger partial charge in [-0.1, -0.05) is 11.6 Å². The van der Waals surface area contributed by atoms with Crippen molar-refractivity contribution in [1.29, 1.82) is 5.26 Å². The minimum absolute atomic E-state index is 0.122. The molecule has 5 nitrogen and oxygen atoms in total. The van der Waals surface area contributed by atoms with Crippen molar-refractivity contribution in [2.75, 3.05) is 10.5 Å². The second-order valence-corrected chi connectivity index (χ2v) is 6.49. The highest BCUT2D eigenvalue weighted by Crippen LogP contribution is 2.27. The molecule has 0 spiro atoms. The summed E-state index contributed by atoms with van der Waals surface area (Å²) in [6.07, 6.45) is 0. The fourth-order valence-electron chi connectivity index (χ4n) is 1.84. The third-order valence-corrected chi connectivity index (χ3v) is 4.67. The van der Waals surface area contributed by atoms with Crippen LogP contribution in [0.1, 0.15) is 11.1 Å². The largest absolute Gasteiger partial charge is 0.399 e. The van der Waals surface area contributed by atoms with Crippen molar-refractivity contribution in [2.24, 2.45) is 0 Å². The monoisotopic (exact) mass is 321 g/mol. The first-order chi connectivity index (χ1) is 9.83. The van der Waals surface area contributed by atoms with Crippen LogP contribution < -0.4 is 10.5 Å². The first-order valence-electron chi connectivity index (χ1n) is 5.92. The SMILES string of the molecule is Cc1cc(N)ccc1S(=O)(=O)Nc1ccc(C#N)cc1Cl. The second-order valence-electron chi connectivity index (χ2n) is 4.44. The van der Waals surface area contributed by atoms with E-state index in [1.165, 1.54) is 30.3 Å². The van der Waals surface area contributed by atoms with Crippen LogP contribution in [-0.4, -0.2) is 8.42 Å². The number of hydrogen-bond acceptors (Lipinski definition) is 4. The number of rotatable bonds is 3. The molecular weight excluding hydrogens is 310 g/mol. The van der Waals surface area contributed by atoms with E-state index in [-0.39, 0.29) is 15.6 Å². The molecule has 21 heavy (non-hydrogen) atoms. The number of nitrogens with one attached hydrogen (secondary N) is 1. The van der Waals surface area contributed by atoms with Crippen LogP contribution in [0.15, 0.2) is 41.3 Å². The van der Waals surface area contributed by atoms with Gasteiger partial charge >= 0.3 is 0 Å². The molecule has 0 aliphatic carbocycles. The average molecular weight is 322 g/mol. The summed E-state index contributed by atoms with van der Waals surface area (Å²) in [5, 5.41) is 8.92. The summed E-state index contributed by atoms with van der Waals surface area (Å²) in [6.45, 7) is 1.66. The van der Waals surface area contributed by atoms with Gasteiger partial charge in [-0.25, -0.2) is 8.42 Å². The molecule has 108 valence electrons. The summed E-state index contributed by atoms with van der Waals surface area (Å²) in [7, 11) is -3.78. The fraction of sp³-hybridized carbons (Fsp3) is 0.0714. The zero-order chi connectivity index (χ0) is 15.6. The van der Waals surface area contributed by atoms with Crippen LogP contribution in [0.5, 0.6) is 0 Å². The van der Waals surface area contributed by atoms with Crippen LogP contribution in [0, 0.1) is 18.3 Å². The summed E-state index contributed by atoms with van der Waals surface area (Å²) >= 11 is 5.97. The normalized spacial score (nSPS) is 10.9. The molecule has 0 amide bonds. The first-order valence-corrected chi connectivity index (χ1v) is 7.78. The molecule has 0 unspecified atom stereocenters. The number of nitriles is 1. The van der Waals surface area contributed by atoms with Crippen LogP contribution in [0.2, 0.25) is 5.02 Å². The van der Waals surface area contributed by atoms with Crippen molar-refractivity contribution in [3.8, 4) is 6.07 Å². The highest BCUT2D eigenvalue weighted by Gasteiger charge is 2.18. The molecule has 2 rings (SSSR count). The lowest BCUT2D eigenvalue weighted by Gasteiger charge is -2.12. The van der Waals surface area contributed by atoms with Gasteiger partial charge in [-0.2, -0.15) is 5.26 Å². The van der Waals surface area contributed by atoms with Crippen LogP contribution >= 0.6 is 11.6 Å². The number of nitrogen functional groups attached to an aromatic ring is 1. The van der Waals surface area contributed by atoms with Crippen LogP contribution in [0.25, 0.3) is 0 Å². The molecule has 0 bridgehead atoms. The predicted molar refractivity (Wildman–Crippen MR) is 82.6 cm³/mol. The van der Waals surface area contributed by atoms with Gasteiger partial charge in [0.1, 0.15) is 0 Å². The van der Waals surface area contributed by atoms with Gasteiger partial charge in [-0.05, 0) is 48.9 Å². The van der Waals surface area contributed by atoms with Gasteiger partial charge in [0.25, 0.3) is 10.0 Å². The summed E-state index contributed by atoms with van der Waals surface area (Å²) in [4.78, 5) is 0.122.